The molecule has 0 saturated heterocycles. The monoisotopic (exact) mass is 470 g/mol. The van der Waals surface area contributed by atoms with Gasteiger partial charge in [0.2, 0.25) is 5.12 Å². The van der Waals surface area contributed by atoms with E-state index in [0.717, 1.165) is 11.1 Å². The minimum atomic E-state index is -0.886. The minimum Gasteiger partial charge on any atom is -0.378 e. The summed E-state index contributed by atoms with van der Waals surface area (Å²) < 4.78 is 17.2. The second-order valence-electron chi connectivity index (χ2n) is 8.84. The van der Waals surface area contributed by atoms with Crippen molar-refractivity contribution < 1.29 is 14.1 Å². The average Bonchev–Trinajstić information content (AvgIpc) is 2.66. The molecule has 1 aromatic carbocycles. The third kappa shape index (κ3) is 9.89. The molecule has 0 saturated carbocycles. The van der Waals surface area contributed by atoms with E-state index in [-0.39, 0.29) is 5.12 Å². The number of hydrogen-bond acceptors (Lipinski definition) is 6. The van der Waals surface area contributed by atoms with Crippen LogP contribution in [0.4, 0.5) is 0 Å². The molecule has 7 heteroatoms. The average molecular weight is 471 g/mol. The van der Waals surface area contributed by atoms with Gasteiger partial charge in [0.1, 0.15) is 0 Å². The van der Waals surface area contributed by atoms with E-state index in [9.17, 15) is 4.79 Å². The Morgan fingerprint density at radius 1 is 0.839 bits per heavy atom. The zero-order valence-corrected chi connectivity index (χ0v) is 22.6. The summed E-state index contributed by atoms with van der Waals surface area (Å²) in [7, 11) is -0.886. The van der Waals surface area contributed by atoms with Crippen LogP contribution in [0, 0.1) is 6.92 Å². The highest BCUT2D eigenvalue weighted by Crippen LogP contribution is 2.50. The summed E-state index contributed by atoms with van der Waals surface area (Å²) in [6, 6.07) is 9.29. The molecule has 0 spiro atoms. The van der Waals surface area contributed by atoms with E-state index in [0.29, 0.717) is 49.7 Å². The van der Waals surface area contributed by atoms with Gasteiger partial charge in [0, 0.05) is 35.5 Å². The van der Waals surface area contributed by atoms with E-state index in [4.69, 9.17) is 9.26 Å². The molecule has 0 aliphatic rings. The molecule has 178 valence electrons. The summed E-state index contributed by atoms with van der Waals surface area (Å²) in [6.45, 7) is 21.5. The van der Waals surface area contributed by atoms with Gasteiger partial charge in [-0.3, -0.25) is 4.79 Å². The molecule has 0 bridgehead atoms. The van der Waals surface area contributed by atoms with Gasteiger partial charge in [0.15, 0.2) is 8.45 Å². The van der Waals surface area contributed by atoms with Crippen LogP contribution in [0.5, 0.6) is 0 Å². The van der Waals surface area contributed by atoms with E-state index >= 15 is 0 Å². The van der Waals surface area contributed by atoms with Crippen molar-refractivity contribution in [1.29, 1.82) is 0 Å². The number of thioether (sulfide) groups is 1. The van der Waals surface area contributed by atoms with Crippen molar-refractivity contribution in [3.8, 4) is 0 Å². The molecule has 0 atom stereocenters. The Morgan fingerprint density at radius 2 is 1.32 bits per heavy atom. The lowest BCUT2D eigenvalue weighted by atomic mass is 10.2. The molecular formula is C24H43N2O3PS. The van der Waals surface area contributed by atoms with Crippen molar-refractivity contribution in [2.45, 2.75) is 86.5 Å². The number of nitrogens with zero attached hydrogens (tertiary/aromatic N) is 2. The normalized spacial score (nSPS) is 12.5. The highest BCUT2D eigenvalue weighted by atomic mass is 32.2. The minimum absolute atomic E-state index is 0.0948. The summed E-state index contributed by atoms with van der Waals surface area (Å²) in [6.07, 6.45) is 0. The van der Waals surface area contributed by atoms with Crippen molar-refractivity contribution in [3.05, 3.63) is 35.4 Å². The third-order valence-corrected chi connectivity index (χ3v) is 8.61. The highest BCUT2D eigenvalue weighted by molar-refractivity contribution is 8.14. The van der Waals surface area contributed by atoms with E-state index in [1.54, 1.807) is 0 Å². The fourth-order valence-corrected chi connectivity index (χ4v) is 6.49. The van der Waals surface area contributed by atoms with Crippen LogP contribution >= 0.6 is 20.2 Å². The molecule has 0 fully saturated rings. The summed E-state index contributed by atoms with van der Waals surface area (Å²) in [4.78, 5) is 12.2. The second-order valence-corrected chi connectivity index (χ2v) is 11.6. The largest absolute Gasteiger partial charge is 0.378 e. The van der Waals surface area contributed by atoms with Crippen LogP contribution < -0.4 is 0 Å². The van der Waals surface area contributed by atoms with E-state index in [2.05, 4.69) is 64.7 Å². The third-order valence-electron chi connectivity index (χ3n) is 4.69. The molecule has 1 rings (SSSR count). The maximum atomic E-state index is 12.2. The van der Waals surface area contributed by atoms with E-state index in [1.807, 2.05) is 31.2 Å². The highest BCUT2D eigenvalue weighted by Gasteiger charge is 2.34. The summed E-state index contributed by atoms with van der Waals surface area (Å²) in [5.41, 5.74) is 1.90. The second kappa shape index (κ2) is 14.6. The summed E-state index contributed by atoms with van der Waals surface area (Å²) in [5, 5.41) is 0.0948. The molecule has 31 heavy (non-hydrogen) atoms. The quantitative estimate of drug-likeness (QED) is 0.233. The van der Waals surface area contributed by atoms with Crippen LogP contribution in [-0.2, 0) is 9.26 Å². The van der Waals surface area contributed by atoms with Crippen LogP contribution in [0.2, 0.25) is 0 Å². The Bertz CT molecular complexity index is 602. The van der Waals surface area contributed by atoms with Crippen molar-refractivity contribution in [3.63, 3.8) is 0 Å². The molecule has 0 heterocycles. The summed E-state index contributed by atoms with van der Waals surface area (Å²) in [5.74, 6) is 0.649. The SMILES string of the molecule is Cc1ccc(C(=O)SCCOCCOP(N(C(C)C)C(C)C)N(C(C)C)C(C)C)cc1. The predicted molar refractivity (Wildman–Crippen MR) is 136 cm³/mol. The fourth-order valence-electron chi connectivity index (χ4n) is 3.48. The number of aryl methyl sites for hydroxylation is 1. The van der Waals surface area contributed by atoms with Gasteiger partial charge in [-0.2, -0.15) is 0 Å². The van der Waals surface area contributed by atoms with Gasteiger partial charge in [-0.15, -0.1) is 0 Å². The lowest BCUT2D eigenvalue weighted by molar-refractivity contribution is 0.100. The van der Waals surface area contributed by atoms with Crippen molar-refractivity contribution >= 4 is 25.3 Å². The maximum Gasteiger partial charge on any atom is 0.219 e. The Hall–Kier alpha value is -0.490. The molecule has 0 radical (unpaired) electrons. The predicted octanol–water partition coefficient (Wildman–Crippen LogP) is 6.37. The smallest absolute Gasteiger partial charge is 0.219 e. The first kappa shape index (κ1) is 28.5. The topological polar surface area (TPSA) is 42.0 Å². The number of benzene rings is 1. The van der Waals surface area contributed by atoms with E-state index in [1.165, 1.54) is 11.8 Å². The van der Waals surface area contributed by atoms with Gasteiger partial charge in [0.05, 0.1) is 19.8 Å². The zero-order valence-electron chi connectivity index (χ0n) is 20.9. The van der Waals surface area contributed by atoms with Gasteiger partial charge < -0.3 is 9.26 Å². The van der Waals surface area contributed by atoms with Crippen LogP contribution in [-0.4, -0.2) is 64.2 Å². The molecule has 0 amide bonds. The molecule has 0 aromatic heterocycles. The number of hydrogen-bond donors (Lipinski definition) is 0. The van der Waals surface area contributed by atoms with Gasteiger partial charge in [0.25, 0.3) is 0 Å². The Kier molecular flexibility index (Phi) is 13.5. The molecular weight excluding hydrogens is 427 g/mol. The standard InChI is InChI=1S/C24H43N2O3PS/c1-18(2)25(19(3)4)30(26(20(5)6)21(7)8)29-15-14-28-16-17-31-24(27)23-12-10-22(9)11-13-23/h10-13,18-21H,14-17H2,1-9H3. The first-order valence-corrected chi connectivity index (χ1v) is 13.5. The van der Waals surface area contributed by atoms with Gasteiger partial charge in [-0.25, -0.2) is 9.34 Å². The lowest BCUT2D eigenvalue weighted by Gasteiger charge is -2.45. The number of carbonyl (C=O) groups is 1. The molecule has 0 unspecified atom stereocenters. The number of ether oxygens (including phenoxy) is 1. The Morgan fingerprint density at radius 3 is 1.77 bits per heavy atom. The number of carbonyl (C=O) groups excluding carboxylic acids is 1. The maximum absolute atomic E-state index is 12.2. The van der Waals surface area contributed by atoms with Crippen LogP contribution in [0.1, 0.15) is 71.3 Å². The van der Waals surface area contributed by atoms with Crippen LogP contribution in [0.3, 0.4) is 0 Å². The molecule has 0 aliphatic carbocycles. The summed E-state index contributed by atoms with van der Waals surface area (Å²) >= 11 is 1.31. The fraction of sp³-hybridized carbons (Fsp3) is 0.708. The van der Waals surface area contributed by atoms with Crippen molar-refractivity contribution in [1.82, 2.24) is 9.34 Å². The molecule has 0 N–H and O–H groups in total. The molecule has 5 nitrogen and oxygen atoms in total. The first-order chi connectivity index (χ1) is 14.6. The molecule has 0 aliphatic heterocycles. The Balaban J connectivity index is 2.50. The zero-order chi connectivity index (χ0) is 23.6. The van der Waals surface area contributed by atoms with Gasteiger partial charge in [-0.05, 0) is 62.3 Å². The van der Waals surface area contributed by atoms with Crippen molar-refractivity contribution in [2.75, 3.05) is 25.6 Å². The first-order valence-electron chi connectivity index (χ1n) is 11.4. The van der Waals surface area contributed by atoms with Crippen LogP contribution in [0.25, 0.3) is 0 Å². The number of rotatable bonds is 14. The lowest BCUT2D eigenvalue weighted by Crippen LogP contribution is -2.43. The van der Waals surface area contributed by atoms with E-state index < -0.39 is 8.45 Å². The Labute approximate surface area is 196 Å². The van der Waals surface area contributed by atoms with Gasteiger partial charge >= 0.3 is 0 Å². The van der Waals surface area contributed by atoms with Crippen molar-refractivity contribution in [2.24, 2.45) is 0 Å². The molecule has 1 aromatic rings. The van der Waals surface area contributed by atoms with Crippen LogP contribution in [0.15, 0.2) is 24.3 Å². The van der Waals surface area contributed by atoms with Gasteiger partial charge in [-0.1, -0.05) is 41.6 Å².